The Labute approximate surface area is 168 Å². The lowest BCUT2D eigenvalue weighted by atomic mass is 10.1. The van der Waals surface area contributed by atoms with Crippen LogP contribution in [0.2, 0.25) is 0 Å². The highest BCUT2D eigenvalue weighted by Crippen LogP contribution is 2.39. The average Bonchev–Trinajstić information content (AvgIpc) is 2.99. The predicted octanol–water partition coefficient (Wildman–Crippen LogP) is 3.34. The Hall–Kier alpha value is -2.64. The second-order valence-electron chi connectivity index (χ2n) is 7.20. The number of fused-ring (bicyclic) bond motifs is 2. The number of ether oxygens (including phenoxy) is 1. The Morgan fingerprint density at radius 1 is 1.32 bits per heavy atom. The summed E-state index contributed by atoms with van der Waals surface area (Å²) in [5.41, 5.74) is 2.67. The van der Waals surface area contributed by atoms with Crippen LogP contribution in [0.5, 0.6) is 11.5 Å². The van der Waals surface area contributed by atoms with E-state index in [1.54, 1.807) is 36.4 Å². The van der Waals surface area contributed by atoms with Crippen molar-refractivity contribution in [1.29, 1.82) is 0 Å². The highest BCUT2D eigenvalue weighted by atomic mass is 32.1. The van der Waals surface area contributed by atoms with Gasteiger partial charge in [0.05, 0.1) is 16.3 Å². The summed E-state index contributed by atoms with van der Waals surface area (Å²) in [6, 6.07) is 11.4. The van der Waals surface area contributed by atoms with Crippen LogP contribution in [0.1, 0.15) is 12.5 Å². The van der Waals surface area contributed by atoms with Crippen molar-refractivity contribution in [1.82, 2.24) is 14.8 Å². The van der Waals surface area contributed by atoms with Crippen LogP contribution >= 0.6 is 11.3 Å². The molecule has 146 valence electrons. The van der Waals surface area contributed by atoms with Crippen molar-refractivity contribution < 1.29 is 14.6 Å². The molecule has 2 heterocycles. The van der Waals surface area contributed by atoms with Crippen LogP contribution in [0.25, 0.3) is 20.8 Å². The molecule has 2 aromatic carbocycles. The molecule has 1 aliphatic heterocycles. The molecule has 1 atom stereocenters. The number of aromatic hydroxyl groups is 1. The molecule has 3 aromatic rings. The van der Waals surface area contributed by atoms with Crippen LogP contribution in [0.3, 0.4) is 0 Å². The van der Waals surface area contributed by atoms with Crippen molar-refractivity contribution in [2.75, 3.05) is 27.2 Å². The summed E-state index contributed by atoms with van der Waals surface area (Å²) in [7, 11) is 3.52. The molecule has 0 radical (unpaired) electrons. The van der Waals surface area contributed by atoms with Crippen LogP contribution in [0.15, 0.2) is 36.4 Å². The van der Waals surface area contributed by atoms with Gasteiger partial charge in [-0.1, -0.05) is 12.1 Å². The summed E-state index contributed by atoms with van der Waals surface area (Å²) >= 11 is 1.59. The van der Waals surface area contributed by atoms with Gasteiger partial charge in [0.15, 0.2) is 11.5 Å². The SMILES string of the molecule is CC(C(=O)N(C)C)N1CCOc2c(O)cc(-c3nc4ccccc4s3)cc2C1. The van der Waals surface area contributed by atoms with Gasteiger partial charge < -0.3 is 14.7 Å². The Morgan fingerprint density at radius 2 is 2.11 bits per heavy atom. The molecule has 6 nitrogen and oxygen atoms in total. The van der Waals surface area contributed by atoms with Crippen molar-refractivity contribution in [3.63, 3.8) is 0 Å². The fraction of sp³-hybridized carbons (Fsp3) is 0.333. The Balaban J connectivity index is 1.70. The van der Waals surface area contributed by atoms with Crippen LogP contribution < -0.4 is 4.74 Å². The minimum atomic E-state index is -0.266. The summed E-state index contributed by atoms with van der Waals surface area (Å²) in [5.74, 6) is 0.659. The van der Waals surface area contributed by atoms with Crippen LogP contribution in [-0.4, -0.2) is 59.1 Å². The lowest BCUT2D eigenvalue weighted by Crippen LogP contribution is -2.45. The number of phenolic OH excluding ortho intramolecular Hbond substituents is 1. The van der Waals surface area contributed by atoms with Gasteiger partial charge in [0, 0.05) is 38.3 Å². The van der Waals surface area contributed by atoms with Crippen LogP contribution in [0.4, 0.5) is 0 Å². The van der Waals surface area contributed by atoms with Crippen LogP contribution in [-0.2, 0) is 11.3 Å². The van der Waals surface area contributed by atoms with E-state index in [-0.39, 0.29) is 17.7 Å². The number of hydrogen-bond acceptors (Lipinski definition) is 6. The molecular weight excluding hydrogens is 374 g/mol. The van der Waals surface area contributed by atoms with Gasteiger partial charge in [-0.2, -0.15) is 0 Å². The minimum Gasteiger partial charge on any atom is -0.504 e. The van der Waals surface area contributed by atoms with E-state index in [1.165, 1.54) is 0 Å². The summed E-state index contributed by atoms with van der Waals surface area (Å²) in [5, 5.41) is 11.4. The quantitative estimate of drug-likeness (QED) is 0.734. The molecule has 0 spiro atoms. The highest BCUT2D eigenvalue weighted by molar-refractivity contribution is 7.21. The number of hydrogen-bond donors (Lipinski definition) is 1. The van der Waals surface area contributed by atoms with E-state index in [0.29, 0.717) is 25.4 Å². The Kier molecular flexibility index (Phi) is 4.95. The topological polar surface area (TPSA) is 65.9 Å². The molecule has 0 fully saturated rings. The van der Waals surface area contributed by atoms with Crippen molar-refractivity contribution in [2.45, 2.75) is 19.5 Å². The fourth-order valence-corrected chi connectivity index (χ4v) is 4.45. The summed E-state index contributed by atoms with van der Waals surface area (Å²) in [4.78, 5) is 20.8. The maximum atomic E-state index is 12.4. The van der Waals surface area contributed by atoms with Crippen molar-refractivity contribution in [3.05, 3.63) is 42.0 Å². The minimum absolute atomic E-state index is 0.0509. The number of nitrogens with zero attached hydrogens (tertiary/aromatic N) is 3. The number of phenols is 1. The molecule has 1 amide bonds. The molecule has 1 N–H and O–H groups in total. The lowest BCUT2D eigenvalue weighted by Gasteiger charge is -2.28. The van der Waals surface area contributed by atoms with Gasteiger partial charge in [0.2, 0.25) is 5.91 Å². The first-order valence-electron chi connectivity index (χ1n) is 9.24. The number of para-hydroxylation sites is 1. The molecule has 0 saturated carbocycles. The molecule has 1 unspecified atom stereocenters. The first-order chi connectivity index (χ1) is 13.4. The van der Waals surface area contributed by atoms with Crippen molar-refractivity contribution in [3.8, 4) is 22.1 Å². The van der Waals surface area contributed by atoms with E-state index < -0.39 is 0 Å². The number of aromatic nitrogens is 1. The fourth-order valence-electron chi connectivity index (χ4n) is 3.50. The normalized spacial score (nSPS) is 15.5. The van der Waals surface area contributed by atoms with Gasteiger partial charge >= 0.3 is 0 Å². The number of benzene rings is 2. The van der Waals surface area contributed by atoms with E-state index >= 15 is 0 Å². The maximum Gasteiger partial charge on any atom is 0.239 e. The van der Waals surface area contributed by atoms with Gasteiger partial charge in [0.25, 0.3) is 0 Å². The van der Waals surface area contributed by atoms with E-state index in [4.69, 9.17) is 9.72 Å². The molecule has 1 aromatic heterocycles. The first kappa shape index (κ1) is 18.7. The molecule has 7 heteroatoms. The van der Waals surface area contributed by atoms with E-state index in [1.807, 2.05) is 37.3 Å². The van der Waals surface area contributed by atoms with E-state index in [0.717, 1.165) is 26.4 Å². The number of thiazole rings is 1. The zero-order chi connectivity index (χ0) is 19.8. The summed E-state index contributed by atoms with van der Waals surface area (Å²) < 4.78 is 6.92. The third-order valence-corrected chi connectivity index (χ3v) is 6.12. The van der Waals surface area contributed by atoms with Crippen molar-refractivity contribution >= 4 is 27.5 Å². The van der Waals surface area contributed by atoms with Gasteiger partial charge in [0.1, 0.15) is 11.6 Å². The first-order valence-corrected chi connectivity index (χ1v) is 10.1. The third kappa shape index (κ3) is 3.43. The monoisotopic (exact) mass is 397 g/mol. The number of rotatable bonds is 3. The molecular formula is C21H23N3O3S. The van der Waals surface area contributed by atoms with Gasteiger partial charge in [-0.3, -0.25) is 9.69 Å². The second-order valence-corrected chi connectivity index (χ2v) is 8.23. The van der Waals surface area contributed by atoms with Gasteiger partial charge in [-0.15, -0.1) is 11.3 Å². The average molecular weight is 398 g/mol. The highest BCUT2D eigenvalue weighted by Gasteiger charge is 2.27. The smallest absolute Gasteiger partial charge is 0.239 e. The number of carbonyl (C=O) groups excluding carboxylic acids is 1. The molecule has 28 heavy (non-hydrogen) atoms. The summed E-state index contributed by atoms with van der Waals surface area (Å²) in [6.45, 7) is 3.48. The summed E-state index contributed by atoms with van der Waals surface area (Å²) in [6.07, 6.45) is 0. The van der Waals surface area contributed by atoms with Crippen LogP contribution in [0, 0.1) is 0 Å². The Morgan fingerprint density at radius 3 is 2.86 bits per heavy atom. The molecule has 0 aliphatic carbocycles. The third-order valence-electron chi connectivity index (χ3n) is 5.03. The zero-order valence-electron chi connectivity index (χ0n) is 16.2. The largest absolute Gasteiger partial charge is 0.504 e. The van der Waals surface area contributed by atoms with Gasteiger partial charge in [-0.05, 0) is 31.2 Å². The zero-order valence-corrected chi connectivity index (χ0v) is 17.0. The molecule has 0 bridgehead atoms. The number of carbonyl (C=O) groups is 1. The standard InChI is InChI=1S/C21H23N3O3S/c1-13(21(26)23(2)3)24-8-9-27-19-15(12-24)10-14(11-17(19)25)20-22-16-6-4-5-7-18(16)28-20/h4-7,10-11,13,25H,8-9,12H2,1-3H3. The molecule has 4 rings (SSSR count). The number of amides is 1. The predicted molar refractivity (Wildman–Crippen MR) is 111 cm³/mol. The molecule has 0 saturated heterocycles. The molecule has 1 aliphatic rings. The van der Waals surface area contributed by atoms with Crippen molar-refractivity contribution in [2.24, 2.45) is 0 Å². The number of likely N-dealkylation sites (N-methyl/N-ethyl adjacent to an activating group) is 1. The van der Waals surface area contributed by atoms with E-state index in [2.05, 4.69) is 4.90 Å². The lowest BCUT2D eigenvalue weighted by molar-refractivity contribution is -0.134. The second kappa shape index (κ2) is 7.41. The van der Waals surface area contributed by atoms with E-state index in [9.17, 15) is 9.90 Å². The Bertz CT molecular complexity index is 998. The maximum absolute atomic E-state index is 12.4. The van der Waals surface area contributed by atoms with Gasteiger partial charge in [-0.25, -0.2) is 4.98 Å².